The average molecular weight is 303 g/mol. The molecule has 0 aromatic heterocycles. The molecule has 1 aromatic rings. The van der Waals surface area contributed by atoms with E-state index in [1.165, 1.54) is 6.07 Å². The minimum atomic E-state index is -2.80. The number of hydrogen-bond acceptors (Lipinski definition) is 3. The zero-order valence-corrected chi connectivity index (χ0v) is 12.2. The molecule has 1 aliphatic heterocycles. The molecule has 1 unspecified atom stereocenters. The van der Waals surface area contributed by atoms with E-state index in [-0.39, 0.29) is 11.8 Å². The monoisotopic (exact) mass is 303 g/mol. The number of alkyl halides is 2. The number of halogens is 2. The van der Waals surface area contributed by atoms with Gasteiger partial charge in [0.1, 0.15) is 5.75 Å². The highest BCUT2D eigenvalue weighted by Gasteiger charge is 2.20. The summed E-state index contributed by atoms with van der Waals surface area (Å²) in [5.74, 6) is 1.65. The molecule has 0 amide bonds. The molecule has 1 aliphatic rings. The van der Waals surface area contributed by atoms with Gasteiger partial charge < -0.3 is 10.1 Å². The summed E-state index contributed by atoms with van der Waals surface area (Å²) in [7, 11) is -0.674. The fourth-order valence-electron chi connectivity index (χ4n) is 2.37. The summed E-state index contributed by atoms with van der Waals surface area (Å²) in [6.45, 7) is -0.811. The number of ether oxygens (including phenoxy) is 1. The van der Waals surface area contributed by atoms with Crippen LogP contribution in [0.5, 0.6) is 5.75 Å². The minimum absolute atomic E-state index is 0.0488. The SMILES string of the molecule is CC(NC1CCS(=O)CC1)c1cccc(OC(F)F)c1. The second-order valence-electron chi connectivity index (χ2n) is 4.96. The van der Waals surface area contributed by atoms with Gasteiger partial charge >= 0.3 is 6.61 Å². The van der Waals surface area contributed by atoms with Crippen molar-refractivity contribution in [1.82, 2.24) is 5.32 Å². The van der Waals surface area contributed by atoms with E-state index in [1.807, 2.05) is 13.0 Å². The molecule has 2 rings (SSSR count). The van der Waals surface area contributed by atoms with Gasteiger partial charge in [-0.05, 0) is 37.5 Å². The van der Waals surface area contributed by atoms with E-state index in [4.69, 9.17) is 0 Å². The highest BCUT2D eigenvalue weighted by Crippen LogP contribution is 2.22. The van der Waals surface area contributed by atoms with Crippen LogP contribution in [0.15, 0.2) is 24.3 Å². The van der Waals surface area contributed by atoms with Gasteiger partial charge in [0.05, 0.1) is 0 Å². The quantitative estimate of drug-likeness (QED) is 0.909. The Kier molecular flexibility index (Phi) is 5.48. The predicted molar refractivity (Wildman–Crippen MR) is 75.5 cm³/mol. The van der Waals surface area contributed by atoms with Gasteiger partial charge in [-0.15, -0.1) is 0 Å². The van der Waals surface area contributed by atoms with E-state index in [1.54, 1.807) is 12.1 Å². The number of hydrogen-bond donors (Lipinski definition) is 1. The van der Waals surface area contributed by atoms with Gasteiger partial charge in [-0.3, -0.25) is 4.21 Å². The molecule has 0 aliphatic carbocycles. The molecule has 1 aromatic carbocycles. The Labute approximate surface area is 120 Å². The van der Waals surface area contributed by atoms with E-state index in [2.05, 4.69) is 10.1 Å². The normalized spacial score (nSPS) is 24.6. The average Bonchev–Trinajstić information content (AvgIpc) is 2.41. The van der Waals surface area contributed by atoms with Gasteiger partial charge in [-0.1, -0.05) is 12.1 Å². The van der Waals surface area contributed by atoms with Crippen molar-refractivity contribution in [2.75, 3.05) is 11.5 Å². The molecule has 20 heavy (non-hydrogen) atoms. The Morgan fingerprint density at radius 2 is 2.05 bits per heavy atom. The van der Waals surface area contributed by atoms with Crippen molar-refractivity contribution in [3.63, 3.8) is 0 Å². The molecule has 3 nitrogen and oxygen atoms in total. The molecule has 1 heterocycles. The molecule has 112 valence electrons. The molecule has 1 saturated heterocycles. The molecule has 1 atom stereocenters. The molecule has 1 N–H and O–H groups in total. The Morgan fingerprint density at radius 1 is 1.35 bits per heavy atom. The van der Waals surface area contributed by atoms with Crippen LogP contribution < -0.4 is 10.1 Å². The van der Waals surface area contributed by atoms with Crippen molar-refractivity contribution < 1.29 is 17.7 Å². The fourth-order valence-corrected chi connectivity index (χ4v) is 3.67. The lowest BCUT2D eigenvalue weighted by Gasteiger charge is -2.26. The lowest BCUT2D eigenvalue weighted by molar-refractivity contribution is -0.0499. The van der Waals surface area contributed by atoms with E-state index in [0.717, 1.165) is 29.9 Å². The van der Waals surface area contributed by atoms with Crippen molar-refractivity contribution in [3.05, 3.63) is 29.8 Å². The lowest BCUT2D eigenvalue weighted by Crippen LogP contribution is -2.37. The maximum absolute atomic E-state index is 12.2. The molecular weight excluding hydrogens is 284 g/mol. The van der Waals surface area contributed by atoms with Crippen LogP contribution in [0.4, 0.5) is 8.78 Å². The topological polar surface area (TPSA) is 38.3 Å². The van der Waals surface area contributed by atoms with Crippen LogP contribution in [-0.4, -0.2) is 28.4 Å². The van der Waals surface area contributed by atoms with E-state index < -0.39 is 17.4 Å². The largest absolute Gasteiger partial charge is 0.435 e. The van der Waals surface area contributed by atoms with E-state index in [0.29, 0.717) is 6.04 Å². The molecule has 0 radical (unpaired) electrons. The van der Waals surface area contributed by atoms with Crippen LogP contribution in [0.25, 0.3) is 0 Å². The Morgan fingerprint density at radius 3 is 2.70 bits per heavy atom. The second kappa shape index (κ2) is 7.13. The van der Waals surface area contributed by atoms with Crippen molar-refractivity contribution in [2.45, 2.75) is 38.5 Å². The van der Waals surface area contributed by atoms with Crippen LogP contribution in [0, 0.1) is 0 Å². The number of rotatable bonds is 5. The first kappa shape index (κ1) is 15.4. The zero-order chi connectivity index (χ0) is 14.5. The zero-order valence-electron chi connectivity index (χ0n) is 11.4. The van der Waals surface area contributed by atoms with E-state index in [9.17, 15) is 13.0 Å². The summed E-state index contributed by atoms with van der Waals surface area (Å²) in [5.41, 5.74) is 0.912. The Bertz CT molecular complexity index is 460. The van der Waals surface area contributed by atoms with Gasteiger partial charge in [0.15, 0.2) is 0 Å². The molecule has 0 spiro atoms. The molecule has 0 saturated carbocycles. The first-order chi connectivity index (χ1) is 9.54. The van der Waals surface area contributed by atoms with Crippen LogP contribution in [-0.2, 0) is 10.8 Å². The molecule has 1 fully saturated rings. The first-order valence-corrected chi connectivity index (χ1v) is 8.19. The number of nitrogens with one attached hydrogen (secondary N) is 1. The standard InChI is InChI=1S/C14H19F2NO2S/c1-10(17-12-5-7-20(18)8-6-12)11-3-2-4-13(9-11)19-14(15)16/h2-4,9-10,12,14,17H,5-8H2,1H3. The summed E-state index contributed by atoms with van der Waals surface area (Å²) >= 11 is 0. The minimum Gasteiger partial charge on any atom is -0.435 e. The fraction of sp³-hybridized carbons (Fsp3) is 0.571. The van der Waals surface area contributed by atoms with Crippen LogP contribution >= 0.6 is 0 Å². The van der Waals surface area contributed by atoms with Crippen molar-refractivity contribution >= 4 is 10.8 Å². The third-order valence-electron chi connectivity index (χ3n) is 3.46. The van der Waals surface area contributed by atoms with Crippen LogP contribution in [0.2, 0.25) is 0 Å². The highest BCUT2D eigenvalue weighted by molar-refractivity contribution is 7.85. The molecule has 6 heteroatoms. The predicted octanol–water partition coefficient (Wildman–Crippen LogP) is 2.85. The molecule has 0 bridgehead atoms. The van der Waals surface area contributed by atoms with Gasteiger partial charge in [0, 0.05) is 34.4 Å². The maximum atomic E-state index is 12.2. The summed E-state index contributed by atoms with van der Waals surface area (Å²) < 4.78 is 40.1. The summed E-state index contributed by atoms with van der Waals surface area (Å²) in [6, 6.07) is 7.13. The molecular formula is C14H19F2NO2S. The highest BCUT2D eigenvalue weighted by atomic mass is 32.2. The number of benzene rings is 1. The first-order valence-electron chi connectivity index (χ1n) is 6.70. The third-order valence-corrected chi connectivity index (χ3v) is 4.84. The van der Waals surface area contributed by atoms with Crippen molar-refractivity contribution in [3.8, 4) is 5.75 Å². The summed E-state index contributed by atoms with van der Waals surface area (Å²) in [4.78, 5) is 0. The smallest absolute Gasteiger partial charge is 0.387 e. The van der Waals surface area contributed by atoms with Crippen LogP contribution in [0.3, 0.4) is 0 Å². The van der Waals surface area contributed by atoms with Crippen molar-refractivity contribution in [2.24, 2.45) is 0 Å². The van der Waals surface area contributed by atoms with E-state index >= 15 is 0 Å². The van der Waals surface area contributed by atoms with Gasteiger partial charge in [0.25, 0.3) is 0 Å². The Balaban J connectivity index is 1.94. The van der Waals surface area contributed by atoms with Crippen molar-refractivity contribution in [1.29, 1.82) is 0 Å². The maximum Gasteiger partial charge on any atom is 0.387 e. The van der Waals surface area contributed by atoms with Gasteiger partial charge in [0.2, 0.25) is 0 Å². The van der Waals surface area contributed by atoms with Crippen LogP contribution in [0.1, 0.15) is 31.4 Å². The third kappa shape index (κ3) is 4.52. The summed E-state index contributed by atoms with van der Waals surface area (Å²) in [6.07, 6.45) is 1.79. The van der Waals surface area contributed by atoms with Gasteiger partial charge in [-0.2, -0.15) is 8.78 Å². The van der Waals surface area contributed by atoms with Gasteiger partial charge in [-0.25, -0.2) is 0 Å². The Hall–Kier alpha value is -1.01. The summed E-state index contributed by atoms with van der Waals surface area (Å²) in [5, 5.41) is 3.46. The second-order valence-corrected chi connectivity index (χ2v) is 6.66. The lowest BCUT2D eigenvalue weighted by atomic mass is 10.1.